The van der Waals surface area contributed by atoms with Crippen LogP contribution in [0, 0.1) is 6.92 Å². The van der Waals surface area contributed by atoms with Crippen LogP contribution >= 0.6 is 0 Å². The molecular formula is C65H69BN2O. The van der Waals surface area contributed by atoms with Gasteiger partial charge in [-0.2, -0.15) is 0 Å². The van der Waals surface area contributed by atoms with Gasteiger partial charge in [0.25, 0.3) is 6.71 Å². The van der Waals surface area contributed by atoms with Crippen molar-refractivity contribution < 1.29 is 4.42 Å². The van der Waals surface area contributed by atoms with E-state index >= 15 is 0 Å². The second-order valence-corrected chi connectivity index (χ2v) is 26.2. The molecule has 0 unspecified atom stereocenters. The van der Waals surface area contributed by atoms with Crippen LogP contribution in [0.3, 0.4) is 0 Å². The number of hydrogen-bond acceptors (Lipinski definition) is 3. The summed E-state index contributed by atoms with van der Waals surface area (Å²) in [6.07, 6.45) is 7.06. The van der Waals surface area contributed by atoms with Crippen molar-refractivity contribution >= 4 is 89.9 Å². The summed E-state index contributed by atoms with van der Waals surface area (Å²) in [4.78, 5) is 5.39. The summed E-state index contributed by atoms with van der Waals surface area (Å²) in [7, 11) is 0. The number of aryl methyl sites for hydroxylation is 1. The maximum Gasteiger partial charge on any atom is 0.252 e. The Morgan fingerprint density at radius 3 is 1.45 bits per heavy atom. The van der Waals surface area contributed by atoms with Gasteiger partial charge in [-0.25, -0.2) is 0 Å². The first-order valence-electron chi connectivity index (χ1n) is 26.2. The molecule has 5 aliphatic rings. The van der Waals surface area contributed by atoms with E-state index in [9.17, 15) is 0 Å². The third-order valence-corrected chi connectivity index (χ3v) is 18.8. The SMILES string of the molecule is Cc1cc2c3c(c1)N(c1cccc4oc5cc6ccccc6cc5c14)c1cc4c(cc1B3c1cc3c(cc1N2c1ccc2c(c1)C(C)(C)CCC2(C)C)C(C)(C)CCC3(C)C)C(C)(C)CCC4(C)C. The van der Waals surface area contributed by atoms with Crippen LogP contribution in [0.4, 0.5) is 34.1 Å². The number of benzene rings is 7. The highest BCUT2D eigenvalue weighted by molar-refractivity contribution is 7.00. The predicted molar refractivity (Wildman–Crippen MR) is 296 cm³/mol. The number of nitrogens with zero attached hydrogens (tertiary/aromatic N) is 2. The molecule has 2 aliphatic heterocycles. The maximum absolute atomic E-state index is 6.87. The molecule has 0 amide bonds. The highest BCUT2D eigenvalue weighted by Gasteiger charge is 2.49. The second kappa shape index (κ2) is 13.8. The molecule has 13 rings (SSSR count). The fraction of sp³-hybridized carbons (Fsp3) is 0.385. The van der Waals surface area contributed by atoms with Crippen LogP contribution in [0.15, 0.2) is 114 Å². The van der Waals surface area contributed by atoms with E-state index in [1.54, 1.807) is 0 Å². The fourth-order valence-corrected chi connectivity index (χ4v) is 14.2. The van der Waals surface area contributed by atoms with Gasteiger partial charge in [0.2, 0.25) is 0 Å². The second-order valence-electron chi connectivity index (χ2n) is 26.2. The summed E-state index contributed by atoms with van der Waals surface area (Å²) in [5.74, 6) is 0. The van der Waals surface area contributed by atoms with Gasteiger partial charge < -0.3 is 14.2 Å². The summed E-state index contributed by atoms with van der Waals surface area (Å²) in [6.45, 7) is 32.2. The standard InChI is InChI=1S/C65H69BN2O/c1-38-29-54-59-55(30-38)68(51-19-16-20-56-58(51)42-31-39-17-14-15-18-40(39)32-57(42)69-56)53-37-48-46(63(8,9)26-28-65(48,12)13)35-50(53)66(59)49-34-45-47(64(10,11)27-25-62(45,6)7)36-52(49)67(54)41-21-22-43-44(33-41)61(4,5)24-23-60(43,2)3/h14-22,29-37H,23-28H2,1-13H3. The van der Waals surface area contributed by atoms with Crippen molar-refractivity contribution in [3.05, 3.63) is 148 Å². The van der Waals surface area contributed by atoms with Crippen molar-refractivity contribution in [2.45, 2.75) is 161 Å². The number of anilines is 6. The quantitative estimate of drug-likeness (QED) is 0.161. The van der Waals surface area contributed by atoms with Crippen molar-refractivity contribution in [1.29, 1.82) is 0 Å². The third-order valence-electron chi connectivity index (χ3n) is 18.8. The van der Waals surface area contributed by atoms with E-state index in [0.29, 0.717) is 0 Å². The molecule has 3 aliphatic carbocycles. The van der Waals surface area contributed by atoms with Crippen LogP contribution in [0.2, 0.25) is 0 Å². The molecule has 0 spiro atoms. The van der Waals surface area contributed by atoms with Gasteiger partial charge in [0.1, 0.15) is 11.2 Å². The summed E-state index contributed by atoms with van der Waals surface area (Å²) in [6, 6.07) is 43.4. The van der Waals surface area contributed by atoms with Gasteiger partial charge in [-0.3, -0.25) is 0 Å². The minimum atomic E-state index is 0.0294. The third kappa shape index (κ3) is 6.05. The summed E-state index contributed by atoms with van der Waals surface area (Å²) < 4.78 is 6.87. The molecular weight excluding hydrogens is 836 g/mol. The van der Waals surface area contributed by atoms with Crippen molar-refractivity contribution in [3.8, 4) is 0 Å². The smallest absolute Gasteiger partial charge is 0.252 e. The Labute approximate surface area is 411 Å². The first-order chi connectivity index (χ1) is 32.5. The Balaban J connectivity index is 1.18. The van der Waals surface area contributed by atoms with Gasteiger partial charge in [0, 0.05) is 33.8 Å². The largest absolute Gasteiger partial charge is 0.456 e. The molecule has 3 nitrogen and oxygen atoms in total. The zero-order valence-corrected chi connectivity index (χ0v) is 43.5. The molecule has 348 valence electrons. The average molecular weight is 905 g/mol. The van der Waals surface area contributed by atoms with E-state index in [0.717, 1.165) is 23.0 Å². The highest BCUT2D eigenvalue weighted by atomic mass is 16.3. The van der Waals surface area contributed by atoms with E-state index in [1.165, 1.54) is 138 Å². The minimum absolute atomic E-state index is 0.0294. The zero-order valence-electron chi connectivity index (χ0n) is 43.5. The molecule has 0 atom stereocenters. The maximum atomic E-state index is 6.87. The fourth-order valence-electron chi connectivity index (χ4n) is 14.2. The summed E-state index contributed by atoms with van der Waals surface area (Å²) >= 11 is 0. The van der Waals surface area contributed by atoms with Gasteiger partial charge in [-0.05, 0) is 205 Å². The van der Waals surface area contributed by atoms with Crippen LogP contribution < -0.4 is 26.2 Å². The molecule has 1 aromatic heterocycles. The lowest BCUT2D eigenvalue weighted by Crippen LogP contribution is -2.62. The Morgan fingerprint density at radius 2 is 0.884 bits per heavy atom. The Bertz CT molecular complexity index is 3560. The molecule has 0 saturated heterocycles. The van der Waals surface area contributed by atoms with Crippen LogP contribution in [0.5, 0.6) is 0 Å². The molecule has 69 heavy (non-hydrogen) atoms. The molecule has 0 radical (unpaired) electrons. The van der Waals surface area contributed by atoms with Crippen LogP contribution in [-0.4, -0.2) is 6.71 Å². The van der Waals surface area contributed by atoms with Crippen molar-refractivity contribution in [2.75, 3.05) is 9.80 Å². The molecule has 8 aromatic rings. The Kier molecular flexibility index (Phi) is 8.64. The predicted octanol–water partition coefficient (Wildman–Crippen LogP) is 16.2. The number of fused-ring (bicyclic) bond motifs is 11. The Morgan fingerprint density at radius 1 is 0.406 bits per heavy atom. The van der Waals surface area contributed by atoms with E-state index in [-0.39, 0.29) is 39.2 Å². The zero-order chi connectivity index (χ0) is 48.1. The minimum Gasteiger partial charge on any atom is -0.456 e. The van der Waals surface area contributed by atoms with Crippen LogP contribution in [0.1, 0.15) is 161 Å². The van der Waals surface area contributed by atoms with E-state index in [4.69, 9.17) is 4.42 Å². The van der Waals surface area contributed by atoms with Gasteiger partial charge in [-0.15, -0.1) is 0 Å². The number of furan rings is 1. The van der Waals surface area contributed by atoms with Gasteiger partial charge >= 0.3 is 0 Å². The lowest BCUT2D eigenvalue weighted by atomic mass is 9.32. The Hall–Kier alpha value is -5.74. The number of rotatable bonds is 2. The topological polar surface area (TPSA) is 19.6 Å². The number of hydrogen-bond donors (Lipinski definition) is 0. The van der Waals surface area contributed by atoms with E-state index < -0.39 is 0 Å². The van der Waals surface area contributed by atoms with Gasteiger partial charge in [0.15, 0.2) is 0 Å². The van der Waals surface area contributed by atoms with Gasteiger partial charge in [0.05, 0.1) is 11.1 Å². The van der Waals surface area contributed by atoms with E-state index in [1.807, 2.05) is 0 Å². The molecule has 0 fully saturated rings. The molecule has 0 bridgehead atoms. The average Bonchev–Trinajstić information content (AvgIpc) is 3.67. The lowest BCUT2D eigenvalue weighted by molar-refractivity contribution is 0.332. The summed E-state index contributed by atoms with van der Waals surface area (Å²) in [5, 5.41) is 4.75. The molecule has 0 saturated carbocycles. The van der Waals surface area contributed by atoms with E-state index in [2.05, 4.69) is 209 Å². The normalized spacial score (nSPS) is 20.5. The van der Waals surface area contributed by atoms with Gasteiger partial charge in [-0.1, -0.05) is 132 Å². The van der Waals surface area contributed by atoms with Crippen molar-refractivity contribution in [3.63, 3.8) is 0 Å². The van der Waals surface area contributed by atoms with Crippen LogP contribution in [-0.2, 0) is 32.5 Å². The molecule has 0 N–H and O–H groups in total. The molecule has 3 heterocycles. The van der Waals surface area contributed by atoms with Crippen LogP contribution in [0.25, 0.3) is 32.7 Å². The summed E-state index contributed by atoms with van der Waals surface area (Å²) in [5.41, 5.74) is 24.4. The first-order valence-corrected chi connectivity index (χ1v) is 26.2. The lowest BCUT2D eigenvalue weighted by Gasteiger charge is -2.49. The first kappa shape index (κ1) is 43.3. The monoisotopic (exact) mass is 905 g/mol. The molecule has 7 aromatic carbocycles. The van der Waals surface area contributed by atoms with Crippen molar-refractivity contribution in [2.24, 2.45) is 0 Å². The molecule has 4 heteroatoms. The highest BCUT2D eigenvalue weighted by Crippen LogP contribution is 2.55. The van der Waals surface area contributed by atoms with Crippen molar-refractivity contribution in [1.82, 2.24) is 0 Å².